The van der Waals surface area contributed by atoms with Gasteiger partial charge >= 0.3 is 0 Å². The van der Waals surface area contributed by atoms with Crippen molar-refractivity contribution in [3.63, 3.8) is 0 Å². The van der Waals surface area contributed by atoms with Gasteiger partial charge in [0, 0.05) is 0 Å². The Bertz CT molecular complexity index is 589. The number of fused-ring (bicyclic) bond motifs is 1. The Kier molecular flexibility index (Phi) is 2.78. The molecule has 0 radical (unpaired) electrons. The summed E-state index contributed by atoms with van der Waals surface area (Å²) in [5, 5.41) is 0. The van der Waals surface area contributed by atoms with E-state index in [-0.39, 0.29) is 41.5 Å². The van der Waals surface area contributed by atoms with Gasteiger partial charge in [0.2, 0.25) is 11.8 Å². The van der Waals surface area contributed by atoms with E-state index in [0.717, 1.165) is 18.4 Å². The number of likely N-dealkylation sites (tertiary alicyclic amines) is 1. The molecule has 3 nitrogen and oxygen atoms in total. The van der Waals surface area contributed by atoms with E-state index in [0.29, 0.717) is 0 Å². The van der Waals surface area contributed by atoms with Crippen molar-refractivity contribution in [1.29, 1.82) is 0 Å². The molecule has 5 rings (SSSR count). The normalized spacial score (nSPS) is 35.2. The van der Waals surface area contributed by atoms with E-state index in [2.05, 4.69) is 12.2 Å². The molecule has 1 saturated heterocycles. The molecule has 2 amide bonds. The number of hydrogen-bond donors (Lipinski definition) is 0. The van der Waals surface area contributed by atoms with Crippen LogP contribution in [-0.4, -0.2) is 16.7 Å². The topological polar surface area (TPSA) is 37.4 Å². The number of hydrogen-bond acceptors (Lipinski definition) is 2. The third kappa shape index (κ3) is 1.73. The van der Waals surface area contributed by atoms with E-state index < -0.39 is 0 Å². The van der Waals surface area contributed by atoms with Crippen molar-refractivity contribution in [2.45, 2.75) is 25.8 Å². The molecule has 3 aliphatic carbocycles. The molecular weight excluding hydrogens is 262 g/mol. The standard InChI is InChI=1S/C18H19NO2/c1-11(12-5-3-2-4-6-12)19-17(20)15-13-7-8-14(10-9-13)16(15)18(19)21/h2-8,11,13-16H,9-10H2,1H3/t11-,13-,14+,15-,16+/m0/s1. The first-order valence-electron chi connectivity index (χ1n) is 7.78. The number of carbonyl (C=O) groups is 2. The van der Waals surface area contributed by atoms with Crippen LogP contribution < -0.4 is 0 Å². The van der Waals surface area contributed by atoms with Crippen LogP contribution in [0.2, 0.25) is 0 Å². The zero-order valence-electron chi connectivity index (χ0n) is 12.1. The number of imide groups is 1. The van der Waals surface area contributed by atoms with Crippen LogP contribution in [0.5, 0.6) is 0 Å². The molecule has 0 unspecified atom stereocenters. The lowest BCUT2D eigenvalue weighted by Gasteiger charge is -2.38. The maximum atomic E-state index is 12.8. The van der Waals surface area contributed by atoms with Crippen molar-refractivity contribution < 1.29 is 9.59 Å². The summed E-state index contributed by atoms with van der Waals surface area (Å²) in [6.45, 7) is 1.96. The van der Waals surface area contributed by atoms with Crippen LogP contribution in [0.15, 0.2) is 42.5 Å². The van der Waals surface area contributed by atoms with E-state index in [9.17, 15) is 9.59 Å². The molecule has 1 saturated carbocycles. The largest absolute Gasteiger partial charge is 0.275 e. The van der Waals surface area contributed by atoms with Gasteiger partial charge in [-0.1, -0.05) is 42.5 Å². The molecule has 21 heavy (non-hydrogen) atoms. The fraction of sp³-hybridized carbons (Fsp3) is 0.444. The molecule has 0 spiro atoms. The highest BCUT2D eigenvalue weighted by Crippen LogP contribution is 2.50. The number of nitrogens with zero attached hydrogens (tertiary/aromatic N) is 1. The van der Waals surface area contributed by atoms with Gasteiger partial charge in [-0.2, -0.15) is 0 Å². The van der Waals surface area contributed by atoms with Crippen molar-refractivity contribution in [3.8, 4) is 0 Å². The first kappa shape index (κ1) is 12.8. The Labute approximate surface area is 124 Å². The summed E-state index contributed by atoms with van der Waals surface area (Å²) >= 11 is 0. The van der Waals surface area contributed by atoms with E-state index in [4.69, 9.17) is 0 Å². The molecule has 4 aliphatic rings. The van der Waals surface area contributed by atoms with Gasteiger partial charge in [-0.3, -0.25) is 14.5 Å². The van der Waals surface area contributed by atoms with Crippen LogP contribution in [0.1, 0.15) is 31.4 Å². The second-order valence-electron chi connectivity index (χ2n) is 6.47. The zero-order valence-corrected chi connectivity index (χ0v) is 12.1. The lowest BCUT2D eigenvalue weighted by atomic mass is 9.63. The Morgan fingerprint density at radius 2 is 1.48 bits per heavy atom. The number of allylic oxidation sites excluding steroid dienone is 2. The smallest absolute Gasteiger partial charge is 0.234 e. The first-order valence-corrected chi connectivity index (χ1v) is 7.78. The number of benzene rings is 1. The maximum absolute atomic E-state index is 12.8. The molecular formula is C18H19NO2. The summed E-state index contributed by atoms with van der Waals surface area (Å²) in [6, 6.07) is 9.66. The SMILES string of the molecule is C[C@@H](c1ccccc1)N1C(=O)[C@@H]2[C@H](C1=O)[C@@H]1C=C[C@H]2CC1. The third-order valence-electron chi connectivity index (χ3n) is 5.46. The summed E-state index contributed by atoms with van der Waals surface area (Å²) in [4.78, 5) is 27.2. The molecule has 2 fully saturated rings. The van der Waals surface area contributed by atoms with Gasteiger partial charge in [0.05, 0.1) is 17.9 Å². The highest BCUT2D eigenvalue weighted by atomic mass is 16.2. The van der Waals surface area contributed by atoms with E-state index in [1.165, 1.54) is 4.90 Å². The number of amides is 2. The Hall–Kier alpha value is -1.90. The van der Waals surface area contributed by atoms with E-state index >= 15 is 0 Å². The maximum Gasteiger partial charge on any atom is 0.234 e. The van der Waals surface area contributed by atoms with Crippen molar-refractivity contribution in [2.75, 3.05) is 0 Å². The molecule has 108 valence electrons. The Morgan fingerprint density at radius 1 is 0.952 bits per heavy atom. The lowest BCUT2D eigenvalue weighted by Crippen LogP contribution is -2.38. The summed E-state index contributed by atoms with van der Waals surface area (Å²) < 4.78 is 0. The predicted octanol–water partition coefficient (Wildman–Crippen LogP) is 2.94. The molecule has 1 heterocycles. The third-order valence-corrected chi connectivity index (χ3v) is 5.46. The van der Waals surface area contributed by atoms with Crippen LogP contribution in [0.4, 0.5) is 0 Å². The molecule has 2 bridgehead atoms. The van der Waals surface area contributed by atoms with Crippen LogP contribution in [0.25, 0.3) is 0 Å². The molecule has 1 aliphatic heterocycles. The van der Waals surface area contributed by atoms with Crippen molar-refractivity contribution >= 4 is 11.8 Å². The van der Waals surface area contributed by atoms with Crippen molar-refractivity contribution in [2.24, 2.45) is 23.7 Å². The highest BCUT2D eigenvalue weighted by molar-refractivity contribution is 6.06. The average Bonchev–Trinajstić information content (AvgIpc) is 2.82. The van der Waals surface area contributed by atoms with Gasteiger partial charge in [-0.25, -0.2) is 0 Å². The number of carbonyl (C=O) groups excluding carboxylic acids is 2. The molecule has 0 N–H and O–H groups in total. The zero-order chi connectivity index (χ0) is 14.6. The second kappa shape index (κ2) is 4.55. The van der Waals surface area contributed by atoms with Gasteiger partial charge < -0.3 is 0 Å². The van der Waals surface area contributed by atoms with Crippen molar-refractivity contribution in [1.82, 2.24) is 4.90 Å². The first-order chi connectivity index (χ1) is 10.2. The van der Waals surface area contributed by atoms with Gasteiger partial charge in [-0.15, -0.1) is 0 Å². The van der Waals surface area contributed by atoms with Gasteiger partial charge in [0.25, 0.3) is 0 Å². The Balaban J connectivity index is 1.69. The minimum absolute atomic E-state index is 0.0420. The highest BCUT2D eigenvalue weighted by Gasteiger charge is 2.57. The second-order valence-corrected chi connectivity index (χ2v) is 6.47. The van der Waals surface area contributed by atoms with Gasteiger partial charge in [0.15, 0.2) is 0 Å². The molecule has 1 aromatic carbocycles. The fourth-order valence-electron chi connectivity index (χ4n) is 4.36. The van der Waals surface area contributed by atoms with Crippen LogP contribution >= 0.6 is 0 Å². The quantitative estimate of drug-likeness (QED) is 0.617. The van der Waals surface area contributed by atoms with Crippen LogP contribution in [0, 0.1) is 23.7 Å². The lowest BCUT2D eigenvalue weighted by molar-refractivity contribution is -0.142. The number of rotatable bonds is 2. The molecule has 0 aromatic heterocycles. The molecule has 3 heteroatoms. The minimum Gasteiger partial charge on any atom is -0.275 e. The van der Waals surface area contributed by atoms with Crippen LogP contribution in [0.3, 0.4) is 0 Å². The van der Waals surface area contributed by atoms with E-state index in [1.54, 1.807) is 0 Å². The predicted molar refractivity (Wildman–Crippen MR) is 79.0 cm³/mol. The fourth-order valence-corrected chi connectivity index (χ4v) is 4.36. The van der Waals surface area contributed by atoms with Crippen molar-refractivity contribution in [3.05, 3.63) is 48.0 Å². The summed E-state index contributed by atoms with van der Waals surface area (Å²) in [6.07, 6.45) is 6.43. The Morgan fingerprint density at radius 3 is 1.95 bits per heavy atom. The summed E-state index contributed by atoms with van der Waals surface area (Å²) in [5.41, 5.74) is 1.03. The molecule has 5 atom stereocenters. The van der Waals surface area contributed by atoms with Gasteiger partial charge in [-0.05, 0) is 37.2 Å². The molecule has 1 aromatic rings. The van der Waals surface area contributed by atoms with Crippen LogP contribution in [-0.2, 0) is 9.59 Å². The van der Waals surface area contributed by atoms with E-state index in [1.807, 2.05) is 37.3 Å². The summed E-state index contributed by atoms with van der Waals surface area (Å²) in [7, 11) is 0. The monoisotopic (exact) mass is 281 g/mol. The van der Waals surface area contributed by atoms with Gasteiger partial charge in [0.1, 0.15) is 0 Å². The summed E-state index contributed by atoms with van der Waals surface area (Å²) in [5.74, 6) is 0.412. The minimum atomic E-state index is -0.170. The average molecular weight is 281 g/mol.